The second kappa shape index (κ2) is 11.0. The molecule has 0 aromatic heterocycles. The van der Waals surface area contributed by atoms with E-state index in [-0.39, 0.29) is 29.9 Å². The standard InChI is InChI=1S/C25H27BrN2O4S/c1-18-15-23(13-14-24(18)32-3)33(30,31)28(16-20-7-5-4-6-8-20)17-25(29)27-19(2)21-9-11-22(26)12-10-21/h4-15,19H,16-17H2,1-3H3,(H,27,29)/t19-/m1/s1. The molecule has 0 aliphatic carbocycles. The first-order chi connectivity index (χ1) is 15.7. The molecule has 3 rings (SSSR count). The molecular weight excluding hydrogens is 504 g/mol. The zero-order chi connectivity index (χ0) is 24.0. The molecule has 1 amide bonds. The maximum absolute atomic E-state index is 13.5. The fraction of sp³-hybridized carbons (Fsp3) is 0.240. The molecule has 0 unspecified atom stereocenters. The van der Waals surface area contributed by atoms with Gasteiger partial charge in [0.05, 0.1) is 24.6 Å². The molecule has 3 aromatic rings. The Morgan fingerprint density at radius 3 is 2.33 bits per heavy atom. The molecule has 1 atom stereocenters. The van der Waals surface area contributed by atoms with Crippen molar-refractivity contribution < 1.29 is 17.9 Å². The van der Waals surface area contributed by atoms with Gasteiger partial charge in [0.15, 0.2) is 0 Å². The summed E-state index contributed by atoms with van der Waals surface area (Å²) in [6.45, 7) is 3.42. The number of halogens is 1. The number of ether oxygens (including phenoxy) is 1. The number of nitrogens with one attached hydrogen (secondary N) is 1. The summed E-state index contributed by atoms with van der Waals surface area (Å²) in [5.41, 5.74) is 2.42. The number of benzene rings is 3. The van der Waals surface area contributed by atoms with E-state index in [4.69, 9.17) is 4.74 Å². The van der Waals surface area contributed by atoms with Gasteiger partial charge in [0.2, 0.25) is 15.9 Å². The van der Waals surface area contributed by atoms with E-state index >= 15 is 0 Å². The van der Waals surface area contributed by atoms with Crippen LogP contribution in [0, 0.1) is 6.92 Å². The smallest absolute Gasteiger partial charge is 0.243 e. The van der Waals surface area contributed by atoms with Crippen LogP contribution in [0.25, 0.3) is 0 Å². The molecule has 0 spiro atoms. The predicted octanol–water partition coefficient (Wildman–Crippen LogP) is 4.83. The van der Waals surface area contributed by atoms with Gasteiger partial charge in [-0.15, -0.1) is 0 Å². The molecule has 0 bridgehead atoms. The molecule has 1 N–H and O–H groups in total. The first-order valence-corrected chi connectivity index (χ1v) is 12.7. The topological polar surface area (TPSA) is 75.7 Å². The molecule has 0 aliphatic rings. The fourth-order valence-electron chi connectivity index (χ4n) is 3.46. The molecule has 8 heteroatoms. The van der Waals surface area contributed by atoms with Gasteiger partial charge in [-0.3, -0.25) is 4.79 Å². The number of carbonyl (C=O) groups excluding carboxylic acids is 1. The summed E-state index contributed by atoms with van der Waals surface area (Å²) < 4.78 is 34.4. The van der Waals surface area contributed by atoms with Crippen LogP contribution in [0.15, 0.2) is 82.2 Å². The molecule has 33 heavy (non-hydrogen) atoms. The Morgan fingerprint density at radius 2 is 1.73 bits per heavy atom. The summed E-state index contributed by atoms with van der Waals surface area (Å²) in [6.07, 6.45) is 0. The van der Waals surface area contributed by atoms with Gasteiger partial charge in [-0.05, 0) is 60.9 Å². The van der Waals surface area contributed by atoms with Crippen molar-refractivity contribution in [1.29, 1.82) is 0 Å². The van der Waals surface area contributed by atoms with Crippen molar-refractivity contribution in [3.8, 4) is 5.75 Å². The monoisotopic (exact) mass is 530 g/mol. The van der Waals surface area contributed by atoms with Gasteiger partial charge in [-0.25, -0.2) is 8.42 Å². The first kappa shape index (κ1) is 25.0. The number of sulfonamides is 1. The molecule has 0 saturated carbocycles. The van der Waals surface area contributed by atoms with E-state index in [1.165, 1.54) is 17.5 Å². The quantitative estimate of drug-likeness (QED) is 0.429. The molecular formula is C25H27BrN2O4S. The number of nitrogens with zero attached hydrogens (tertiary/aromatic N) is 1. The summed E-state index contributed by atoms with van der Waals surface area (Å²) >= 11 is 3.40. The lowest BCUT2D eigenvalue weighted by molar-refractivity contribution is -0.122. The Balaban J connectivity index is 1.85. The van der Waals surface area contributed by atoms with Crippen LogP contribution in [0.3, 0.4) is 0 Å². The summed E-state index contributed by atoms with van der Waals surface area (Å²) in [6, 6.07) is 21.3. The highest BCUT2D eigenvalue weighted by Gasteiger charge is 2.28. The van der Waals surface area contributed by atoms with Crippen LogP contribution >= 0.6 is 15.9 Å². The molecule has 174 valence electrons. The number of hydrogen-bond acceptors (Lipinski definition) is 4. The number of methoxy groups -OCH3 is 1. The zero-order valence-electron chi connectivity index (χ0n) is 18.8. The van der Waals surface area contributed by atoms with Gasteiger partial charge < -0.3 is 10.1 Å². The van der Waals surface area contributed by atoms with E-state index in [0.717, 1.165) is 15.6 Å². The van der Waals surface area contributed by atoms with Crippen LogP contribution < -0.4 is 10.1 Å². The normalized spacial score (nSPS) is 12.4. The van der Waals surface area contributed by atoms with Crippen LogP contribution in [0.4, 0.5) is 0 Å². The number of rotatable bonds is 9. The van der Waals surface area contributed by atoms with Crippen LogP contribution in [-0.4, -0.2) is 32.3 Å². The lowest BCUT2D eigenvalue weighted by Crippen LogP contribution is -2.41. The lowest BCUT2D eigenvalue weighted by Gasteiger charge is -2.24. The van der Waals surface area contributed by atoms with Crippen molar-refractivity contribution >= 4 is 31.9 Å². The van der Waals surface area contributed by atoms with Gasteiger partial charge in [-0.2, -0.15) is 4.31 Å². The molecule has 0 saturated heterocycles. The Kier molecular flexibility index (Phi) is 8.29. The Labute approximate surface area is 203 Å². The second-order valence-electron chi connectivity index (χ2n) is 7.73. The van der Waals surface area contributed by atoms with Crippen LogP contribution in [0.2, 0.25) is 0 Å². The highest BCUT2D eigenvalue weighted by Crippen LogP contribution is 2.25. The minimum atomic E-state index is -3.94. The molecule has 0 radical (unpaired) electrons. The molecule has 6 nitrogen and oxygen atoms in total. The molecule has 0 aliphatic heterocycles. The van der Waals surface area contributed by atoms with Gasteiger partial charge in [0, 0.05) is 11.0 Å². The molecule has 0 fully saturated rings. The Bertz CT molecular complexity index is 1200. The summed E-state index contributed by atoms with van der Waals surface area (Å²) in [5.74, 6) is 0.222. The van der Waals surface area contributed by atoms with Crippen molar-refractivity contribution in [1.82, 2.24) is 9.62 Å². The van der Waals surface area contributed by atoms with Gasteiger partial charge in [-0.1, -0.05) is 58.4 Å². The largest absolute Gasteiger partial charge is 0.496 e. The number of hydrogen-bond donors (Lipinski definition) is 1. The number of carbonyl (C=O) groups is 1. The number of aryl methyl sites for hydroxylation is 1. The van der Waals surface area contributed by atoms with Crippen molar-refractivity contribution in [3.05, 3.63) is 94.0 Å². The maximum atomic E-state index is 13.5. The highest BCUT2D eigenvalue weighted by atomic mass is 79.9. The average molecular weight is 531 g/mol. The third-order valence-electron chi connectivity index (χ3n) is 5.27. The van der Waals surface area contributed by atoms with E-state index in [1.54, 1.807) is 19.1 Å². The minimum Gasteiger partial charge on any atom is -0.496 e. The fourth-order valence-corrected chi connectivity index (χ4v) is 5.19. The van der Waals surface area contributed by atoms with E-state index < -0.39 is 10.0 Å². The second-order valence-corrected chi connectivity index (χ2v) is 10.6. The number of amides is 1. The van der Waals surface area contributed by atoms with Gasteiger partial charge in [0.1, 0.15) is 5.75 Å². The van der Waals surface area contributed by atoms with Gasteiger partial charge >= 0.3 is 0 Å². The maximum Gasteiger partial charge on any atom is 0.243 e. The Morgan fingerprint density at radius 1 is 1.06 bits per heavy atom. The summed E-state index contributed by atoms with van der Waals surface area (Å²) in [4.78, 5) is 13.0. The summed E-state index contributed by atoms with van der Waals surface area (Å²) in [7, 11) is -2.40. The van der Waals surface area contributed by atoms with Crippen LogP contribution in [-0.2, 0) is 21.4 Å². The predicted molar refractivity (Wildman–Crippen MR) is 132 cm³/mol. The van der Waals surface area contributed by atoms with Crippen molar-refractivity contribution in [2.75, 3.05) is 13.7 Å². The average Bonchev–Trinajstić information content (AvgIpc) is 2.79. The van der Waals surface area contributed by atoms with Crippen molar-refractivity contribution in [3.63, 3.8) is 0 Å². The molecule has 3 aromatic carbocycles. The highest BCUT2D eigenvalue weighted by molar-refractivity contribution is 9.10. The van der Waals surface area contributed by atoms with Crippen molar-refractivity contribution in [2.45, 2.75) is 31.3 Å². The minimum absolute atomic E-state index is 0.0777. The van der Waals surface area contributed by atoms with E-state index in [0.29, 0.717) is 11.3 Å². The van der Waals surface area contributed by atoms with Crippen LogP contribution in [0.1, 0.15) is 29.7 Å². The lowest BCUT2D eigenvalue weighted by atomic mass is 10.1. The third-order valence-corrected chi connectivity index (χ3v) is 7.59. The van der Waals surface area contributed by atoms with Crippen LogP contribution in [0.5, 0.6) is 5.75 Å². The first-order valence-electron chi connectivity index (χ1n) is 10.4. The van der Waals surface area contributed by atoms with E-state index in [1.807, 2.05) is 61.5 Å². The van der Waals surface area contributed by atoms with E-state index in [9.17, 15) is 13.2 Å². The zero-order valence-corrected chi connectivity index (χ0v) is 21.2. The van der Waals surface area contributed by atoms with E-state index in [2.05, 4.69) is 21.2 Å². The van der Waals surface area contributed by atoms with Gasteiger partial charge in [0.25, 0.3) is 0 Å². The Hall–Kier alpha value is -2.68. The molecule has 0 heterocycles. The third kappa shape index (κ3) is 6.43. The SMILES string of the molecule is COc1ccc(S(=O)(=O)N(CC(=O)N[C@H](C)c2ccc(Br)cc2)Cc2ccccc2)cc1C. The van der Waals surface area contributed by atoms with Crippen molar-refractivity contribution in [2.24, 2.45) is 0 Å². The summed E-state index contributed by atoms with van der Waals surface area (Å²) in [5, 5.41) is 2.90.